The molecule has 0 saturated heterocycles. The summed E-state index contributed by atoms with van der Waals surface area (Å²) in [4.78, 5) is 9.18. The average Bonchev–Trinajstić information content (AvgIpc) is 3.01. The Bertz CT molecular complexity index is 1890. The minimum atomic E-state index is -3.43. The Morgan fingerprint density at radius 3 is 1.84 bits per heavy atom. The van der Waals surface area contributed by atoms with Crippen molar-refractivity contribution in [1.82, 2.24) is 9.97 Å². The maximum Gasteiger partial charge on any atom is 0.232 e. The lowest BCUT2D eigenvalue weighted by Crippen LogP contribution is -2.16. The fraction of sp³-hybridized carbons (Fsp3) is 0.176. The molecule has 0 bridgehead atoms. The number of unbranched alkanes of at least 4 members (excludes halogenated alkanes) is 3. The molecule has 0 aliphatic heterocycles. The fourth-order valence-electron chi connectivity index (χ4n) is 5.21. The van der Waals surface area contributed by atoms with Gasteiger partial charge >= 0.3 is 0 Å². The maximum atomic E-state index is 12.7. The lowest BCUT2D eigenvalue weighted by Gasteiger charge is -2.14. The van der Waals surface area contributed by atoms with Crippen LogP contribution in [0.1, 0.15) is 25.7 Å². The van der Waals surface area contributed by atoms with E-state index in [1.807, 2.05) is 79.0 Å². The van der Waals surface area contributed by atoms with Crippen LogP contribution in [0.2, 0.25) is 0 Å². The molecule has 0 fully saturated rings. The Hall–Kier alpha value is -3.73. The second kappa shape index (κ2) is 15.3. The molecule has 0 saturated carbocycles. The van der Waals surface area contributed by atoms with Crippen LogP contribution >= 0.6 is 34.0 Å². The van der Waals surface area contributed by atoms with Gasteiger partial charge in [-0.2, -0.15) is 0 Å². The molecule has 7 nitrogen and oxygen atoms in total. The summed E-state index contributed by atoms with van der Waals surface area (Å²) >= 11 is 0. The monoisotopic (exact) mass is 735 g/mol. The Balaban J connectivity index is 0.00000221. The van der Waals surface area contributed by atoms with E-state index < -0.39 is 10.0 Å². The Labute approximate surface area is 279 Å². The normalized spacial score (nSPS) is 11.1. The topological polar surface area (TPSA) is 96.0 Å². The molecular weight excluding hydrogens is 702 g/mol. The summed E-state index contributed by atoms with van der Waals surface area (Å²) < 4.78 is 28.2. The summed E-state index contributed by atoms with van der Waals surface area (Å²) in [5.74, 6) is 0.102. The van der Waals surface area contributed by atoms with Crippen LogP contribution in [0.4, 0.5) is 22.7 Å². The Morgan fingerprint density at radius 1 is 0.591 bits per heavy atom. The molecule has 10 heteroatoms. The Morgan fingerprint density at radius 2 is 1.16 bits per heavy atom. The molecule has 6 aromatic rings. The number of benzene rings is 4. The molecule has 3 N–H and O–H groups in total. The molecule has 0 spiro atoms. The number of rotatable bonds is 12. The van der Waals surface area contributed by atoms with Crippen molar-refractivity contribution in [3.63, 3.8) is 0 Å². The summed E-state index contributed by atoms with van der Waals surface area (Å²) in [6.07, 6.45) is 5.23. The molecule has 0 aliphatic rings. The minimum Gasteiger partial charge on any atom is -0.384 e. The van der Waals surface area contributed by atoms with E-state index in [4.69, 9.17) is 4.98 Å². The summed E-state index contributed by atoms with van der Waals surface area (Å²) in [6, 6.07) is 33.5. The van der Waals surface area contributed by atoms with Crippen LogP contribution in [0.25, 0.3) is 32.7 Å². The van der Waals surface area contributed by atoms with Crippen molar-refractivity contribution >= 4 is 99.4 Å². The third kappa shape index (κ3) is 8.05. The third-order valence-electron chi connectivity index (χ3n) is 7.32. The van der Waals surface area contributed by atoms with Crippen LogP contribution < -0.4 is 15.4 Å². The van der Waals surface area contributed by atoms with Crippen LogP contribution in [0.3, 0.4) is 0 Å². The van der Waals surface area contributed by atoms with Crippen molar-refractivity contribution in [3.8, 4) is 0 Å². The third-order valence-corrected chi connectivity index (χ3v) is 8.69. The predicted octanol–water partition coefficient (Wildman–Crippen LogP) is 9.25. The quantitative estimate of drug-likeness (QED) is 0.0857. The molecule has 6 rings (SSSR count). The van der Waals surface area contributed by atoms with Crippen molar-refractivity contribution < 1.29 is 8.42 Å². The average molecular weight is 738 g/mol. The van der Waals surface area contributed by atoms with Crippen molar-refractivity contribution in [3.05, 3.63) is 109 Å². The Kier molecular flexibility index (Phi) is 11.5. The summed E-state index contributed by atoms with van der Waals surface area (Å²) in [6.45, 7) is 0.838. The van der Waals surface area contributed by atoms with Crippen LogP contribution in [0.15, 0.2) is 109 Å². The number of fused-ring (bicyclic) bond motifs is 3. The van der Waals surface area contributed by atoms with E-state index in [1.54, 1.807) is 12.1 Å². The first-order valence-electron chi connectivity index (χ1n) is 14.3. The molecule has 2 aromatic heterocycles. The number of pyridine rings is 2. The molecule has 0 amide bonds. The van der Waals surface area contributed by atoms with Gasteiger partial charge in [-0.15, -0.1) is 34.0 Å². The van der Waals surface area contributed by atoms with Gasteiger partial charge in [0, 0.05) is 46.0 Å². The highest BCUT2D eigenvalue weighted by atomic mass is 79.9. The number of para-hydroxylation sites is 3. The van der Waals surface area contributed by atoms with E-state index in [9.17, 15) is 8.42 Å². The zero-order chi connectivity index (χ0) is 28.8. The lowest BCUT2D eigenvalue weighted by atomic mass is 10.1. The number of hydrogen-bond donors (Lipinski definition) is 3. The SMILES string of the molecule is Br.Br.O=S(=O)(CCCCCCNc1ccnc2ccccc12)Nc1ccc(Nc2c3ccccc3nc3ccccc23)cc1. The van der Waals surface area contributed by atoms with E-state index in [-0.39, 0.29) is 39.7 Å². The van der Waals surface area contributed by atoms with Gasteiger partial charge in [-0.05, 0) is 61.4 Å². The first-order valence-corrected chi connectivity index (χ1v) is 15.9. The molecule has 228 valence electrons. The summed E-state index contributed by atoms with van der Waals surface area (Å²) in [7, 11) is -3.43. The van der Waals surface area contributed by atoms with Gasteiger partial charge in [0.1, 0.15) is 0 Å². The van der Waals surface area contributed by atoms with E-state index in [1.165, 1.54) is 0 Å². The van der Waals surface area contributed by atoms with E-state index in [0.717, 1.165) is 75.6 Å². The second-order valence-corrected chi connectivity index (χ2v) is 12.2. The molecule has 4 aromatic carbocycles. The van der Waals surface area contributed by atoms with Gasteiger partial charge in [0.15, 0.2) is 0 Å². The van der Waals surface area contributed by atoms with Crippen molar-refractivity contribution in [2.45, 2.75) is 25.7 Å². The lowest BCUT2D eigenvalue weighted by molar-refractivity contribution is 0.593. The van der Waals surface area contributed by atoms with Crippen molar-refractivity contribution in [1.29, 1.82) is 0 Å². The number of nitrogens with zero attached hydrogens (tertiary/aromatic N) is 2. The van der Waals surface area contributed by atoms with Crippen LogP contribution in [0, 0.1) is 0 Å². The highest BCUT2D eigenvalue weighted by Gasteiger charge is 2.12. The van der Waals surface area contributed by atoms with E-state index in [2.05, 4.69) is 38.5 Å². The standard InChI is InChI=1S/C34H33N5O2S.2BrH/c40-42(41,24-10-2-1-9-22-35-31-21-23-36-30-14-6-3-11-27(30)31)39-26-19-17-25(18-20-26)37-34-28-12-4-7-15-32(28)38-33-16-8-5-13-29(33)34;;/h3-8,11-21,23,39H,1-2,9-10,22,24H2,(H,35,36)(H,37,38);2*1H. The van der Waals surface area contributed by atoms with E-state index in [0.29, 0.717) is 12.1 Å². The van der Waals surface area contributed by atoms with Gasteiger partial charge in [-0.25, -0.2) is 13.4 Å². The van der Waals surface area contributed by atoms with Crippen LogP contribution in [-0.4, -0.2) is 30.7 Å². The fourth-order valence-corrected chi connectivity index (χ4v) is 6.40. The first-order chi connectivity index (χ1) is 20.6. The molecular formula is C34H35Br2N5O2S. The number of hydrogen-bond acceptors (Lipinski definition) is 6. The highest BCUT2D eigenvalue weighted by Crippen LogP contribution is 2.33. The first kappa shape index (κ1) is 33.2. The number of halogens is 2. The molecule has 0 unspecified atom stereocenters. The predicted molar refractivity (Wildman–Crippen MR) is 196 cm³/mol. The zero-order valence-corrected chi connectivity index (χ0v) is 28.3. The van der Waals surface area contributed by atoms with Gasteiger partial charge < -0.3 is 10.6 Å². The van der Waals surface area contributed by atoms with Gasteiger partial charge in [-0.1, -0.05) is 67.4 Å². The van der Waals surface area contributed by atoms with Crippen molar-refractivity contribution in [2.75, 3.05) is 27.7 Å². The van der Waals surface area contributed by atoms with Gasteiger partial charge in [0.25, 0.3) is 0 Å². The molecule has 2 heterocycles. The molecule has 0 atom stereocenters. The van der Waals surface area contributed by atoms with E-state index >= 15 is 0 Å². The smallest absolute Gasteiger partial charge is 0.232 e. The number of aromatic nitrogens is 2. The van der Waals surface area contributed by atoms with Crippen LogP contribution in [-0.2, 0) is 10.0 Å². The summed E-state index contributed by atoms with van der Waals surface area (Å²) in [5.41, 5.74) is 6.29. The van der Waals surface area contributed by atoms with Crippen LogP contribution in [0.5, 0.6) is 0 Å². The molecule has 44 heavy (non-hydrogen) atoms. The maximum absolute atomic E-state index is 12.7. The number of anilines is 4. The van der Waals surface area contributed by atoms with Gasteiger partial charge in [0.05, 0.1) is 28.0 Å². The zero-order valence-electron chi connectivity index (χ0n) is 24.1. The minimum absolute atomic E-state index is 0. The summed E-state index contributed by atoms with van der Waals surface area (Å²) in [5, 5.41) is 10.2. The van der Waals surface area contributed by atoms with Gasteiger partial charge in [0.2, 0.25) is 10.0 Å². The second-order valence-electron chi connectivity index (χ2n) is 10.4. The largest absolute Gasteiger partial charge is 0.384 e. The number of nitrogens with one attached hydrogen (secondary N) is 3. The molecule has 0 aliphatic carbocycles. The highest BCUT2D eigenvalue weighted by molar-refractivity contribution is 8.93. The van der Waals surface area contributed by atoms with Crippen molar-refractivity contribution in [2.24, 2.45) is 0 Å². The molecule has 0 radical (unpaired) electrons. The number of sulfonamides is 1. The van der Waals surface area contributed by atoms with Gasteiger partial charge in [-0.3, -0.25) is 9.71 Å².